The van der Waals surface area contributed by atoms with Crippen molar-refractivity contribution in [1.29, 1.82) is 0 Å². The van der Waals surface area contributed by atoms with Gasteiger partial charge in [0.1, 0.15) is 24.4 Å². The predicted octanol–water partition coefficient (Wildman–Crippen LogP) is -4.93. The van der Waals surface area contributed by atoms with Crippen LogP contribution in [-0.2, 0) is 28.5 Å². The normalized spacial score (nSPS) is 32.3. The summed E-state index contributed by atoms with van der Waals surface area (Å²) in [5, 5.41) is 57.3. The second kappa shape index (κ2) is 16.5. The molecule has 2 amide bonds. The highest BCUT2D eigenvalue weighted by Crippen LogP contribution is 2.21. The van der Waals surface area contributed by atoms with Gasteiger partial charge in [0, 0.05) is 33.2 Å². The third-order valence-corrected chi connectivity index (χ3v) is 6.06. The van der Waals surface area contributed by atoms with Crippen molar-refractivity contribution in [1.82, 2.24) is 20.9 Å². The van der Waals surface area contributed by atoms with E-state index in [1.54, 1.807) is 11.8 Å². The third kappa shape index (κ3) is 10.6. The number of amides is 2. The molecule has 216 valence electrons. The molecule has 2 aliphatic rings. The predicted molar refractivity (Wildman–Crippen MR) is 127 cm³/mol. The first-order valence-corrected chi connectivity index (χ1v) is 12.4. The van der Waals surface area contributed by atoms with E-state index in [-0.39, 0.29) is 44.7 Å². The quantitative estimate of drug-likeness (QED) is 0.0920. The summed E-state index contributed by atoms with van der Waals surface area (Å²) in [7, 11) is 1.50. The van der Waals surface area contributed by atoms with E-state index >= 15 is 0 Å². The number of carbonyl (C=O) groups excluding carboxylic acids is 2. The Morgan fingerprint density at radius 3 is 2.30 bits per heavy atom. The van der Waals surface area contributed by atoms with Gasteiger partial charge >= 0.3 is 0 Å². The highest BCUT2D eigenvalue weighted by molar-refractivity contribution is 5.80. The number of likely N-dealkylation sites (N-methyl/N-ethyl adjacent to an activating group) is 1. The summed E-state index contributed by atoms with van der Waals surface area (Å²) < 4.78 is 21.5. The molecule has 0 radical (unpaired) electrons. The van der Waals surface area contributed by atoms with Crippen LogP contribution >= 0.6 is 0 Å². The van der Waals surface area contributed by atoms with Crippen molar-refractivity contribution in [2.75, 3.05) is 66.1 Å². The van der Waals surface area contributed by atoms with E-state index in [2.05, 4.69) is 16.0 Å². The highest BCUT2D eigenvalue weighted by Gasteiger charge is 2.42. The molecule has 0 unspecified atom stereocenters. The Labute approximate surface area is 216 Å². The van der Waals surface area contributed by atoms with Gasteiger partial charge in [-0.3, -0.25) is 14.5 Å². The molecule has 2 saturated heterocycles. The van der Waals surface area contributed by atoms with Crippen molar-refractivity contribution in [3.05, 3.63) is 0 Å². The average molecular weight is 539 g/mol. The summed E-state index contributed by atoms with van der Waals surface area (Å²) in [6.07, 6.45) is -8.40. The molecule has 2 aliphatic heterocycles. The number of rotatable bonds is 15. The molecule has 0 aromatic carbocycles. The van der Waals surface area contributed by atoms with Gasteiger partial charge in [-0.15, -0.1) is 0 Å². The Morgan fingerprint density at radius 2 is 1.57 bits per heavy atom. The maximum Gasteiger partial charge on any atom is 0.234 e. The first kappa shape index (κ1) is 31.7. The maximum atomic E-state index is 12.4. The van der Waals surface area contributed by atoms with Crippen molar-refractivity contribution >= 4 is 11.8 Å². The molecule has 2 fully saturated rings. The summed E-state index contributed by atoms with van der Waals surface area (Å²) >= 11 is 0. The van der Waals surface area contributed by atoms with E-state index in [0.29, 0.717) is 32.7 Å². The number of aliphatic hydroxyl groups excluding tert-OH is 5. The lowest BCUT2D eigenvalue weighted by Crippen LogP contribution is -2.57. The SMILES string of the molecule is CNC(=O)CN(CCNCCO[C@@H]1OCC[C@@H](O)[C@@H]1O)CC(=O)NCCO[C@@H]1O[C@@H](C)[C@@H](O)[C@@H](O)[C@@H]1O. The molecule has 37 heavy (non-hydrogen) atoms. The van der Waals surface area contributed by atoms with Gasteiger partial charge in [0.25, 0.3) is 0 Å². The van der Waals surface area contributed by atoms with E-state index in [0.717, 1.165) is 0 Å². The van der Waals surface area contributed by atoms with Crippen LogP contribution in [0.15, 0.2) is 0 Å². The lowest BCUT2D eigenvalue weighted by Gasteiger charge is -2.38. The molecule has 0 aliphatic carbocycles. The monoisotopic (exact) mass is 538 g/mol. The van der Waals surface area contributed by atoms with Crippen LogP contribution in [0.1, 0.15) is 13.3 Å². The Balaban J connectivity index is 1.64. The molecule has 0 bridgehead atoms. The minimum atomic E-state index is -1.42. The fourth-order valence-electron chi connectivity index (χ4n) is 3.78. The van der Waals surface area contributed by atoms with Crippen LogP contribution in [0.3, 0.4) is 0 Å². The van der Waals surface area contributed by atoms with E-state index < -0.39 is 49.2 Å². The summed E-state index contributed by atoms with van der Waals surface area (Å²) in [6, 6.07) is 0. The number of hydrogen-bond acceptors (Lipinski definition) is 13. The third-order valence-electron chi connectivity index (χ3n) is 6.06. The molecule has 0 aromatic heterocycles. The van der Waals surface area contributed by atoms with Gasteiger partial charge in [-0.25, -0.2) is 0 Å². The minimum Gasteiger partial charge on any atom is -0.390 e. The first-order chi connectivity index (χ1) is 17.6. The second-order valence-electron chi connectivity index (χ2n) is 8.99. The maximum absolute atomic E-state index is 12.4. The van der Waals surface area contributed by atoms with Gasteiger partial charge in [0.2, 0.25) is 11.8 Å². The van der Waals surface area contributed by atoms with E-state index in [4.69, 9.17) is 18.9 Å². The van der Waals surface area contributed by atoms with Gasteiger partial charge in [0.15, 0.2) is 12.6 Å². The zero-order valence-corrected chi connectivity index (χ0v) is 21.3. The molecule has 0 aromatic rings. The average Bonchev–Trinajstić information content (AvgIpc) is 2.87. The van der Waals surface area contributed by atoms with Crippen molar-refractivity contribution in [2.24, 2.45) is 0 Å². The van der Waals surface area contributed by atoms with Crippen molar-refractivity contribution in [3.8, 4) is 0 Å². The topological polar surface area (TPSA) is 212 Å². The van der Waals surface area contributed by atoms with Crippen LogP contribution < -0.4 is 16.0 Å². The molecule has 2 heterocycles. The second-order valence-corrected chi connectivity index (χ2v) is 8.99. The van der Waals surface area contributed by atoms with Crippen molar-refractivity contribution in [3.63, 3.8) is 0 Å². The zero-order valence-electron chi connectivity index (χ0n) is 21.3. The van der Waals surface area contributed by atoms with Gasteiger partial charge in [0.05, 0.1) is 45.1 Å². The molecule has 0 saturated carbocycles. The van der Waals surface area contributed by atoms with Gasteiger partial charge in [-0.2, -0.15) is 0 Å². The molecule has 8 N–H and O–H groups in total. The molecular formula is C22H42N4O11. The summed E-state index contributed by atoms with van der Waals surface area (Å²) in [4.78, 5) is 25.8. The molecule has 15 nitrogen and oxygen atoms in total. The van der Waals surface area contributed by atoms with Crippen LogP contribution in [0.4, 0.5) is 0 Å². The number of ether oxygens (including phenoxy) is 4. The van der Waals surface area contributed by atoms with Crippen molar-refractivity contribution < 1.29 is 54.1 Å². The van der Waals surface area contributed by atoms with E-state index in [1.165, 1.54) is 7.05 Å². The van der Waals surface area contributed by atoms with Crippen LogP contribution in [0.25, 0.3) is 0 Å². The minimum absolute atomic E-state index is 0.00353. The fraction of sp³-hybridized carbons (Fsp3) is 0.909. The summed E-state index contributed by atoms with van der Waals surface area (Å²) in [5.41, 5.74) is 0. The number of nitrogens with zero attached hydrogens (tertiary/aromatic N) is 1. The van der Waals surface area contributed by atoms with Crippen LogP contribution in [-0.4, -0.2) is 158 Å². The van der Waals surface area contributed by atoms with Gasteiger partial charge < -0.3 is 60.4 Å². The Kier molecular flexibility index (Phi) is 14.1. The van der Waals surface area contributed by atoms with Crippen LogP contribution in [0.2, 0.25) is 0 Å². The molecule has 0 spiro atoms. The summed E-state index contributed by atoms with van der Waals surface area (Å²) in [6.45, 7) is 3.42. The first-order valence-electron chi connectivity index (χ1n) is 12.4. The zero-order chi connectivity index (χ0) is 27.4. The number of hydrogen-bond donors (Lipinski definition) is 8. The number of aliphatic hydroxyl groups is 5. The lowest BCUT2D eigenvalue weighted by molar-refractivity contribution is -0.292. The highest BCUT2D eigenvalue weighted by atomic mass is 16.7. The lowest BCUT2D eigenvalue weighted by atomic mass is 10.0. The molecule has 15 heteroatoms. The van der Waals surface area contributed by atoms with Crippen molar-refractivity contribution in [2.45, 2.75) is 62.5 Å². The molecular weight excluding hydrogens is 496 g/mol. The molecule has 2 rings (SSSR count). The smallest absolute Gasteiger partial charge is 0.234 e. The van der Waals surface area contributed by atoms with E-state index in [1.807, 2.05) is 0 Å². The number of nitrogens with one attached hydrogen (secondary N) is 3. The Morgan fingerprint density at radius 1 is 0.892 bits per heavy atom. The Hall–Kier alpha value is -1.50. The van der Waals surface area contributed by atoms with E-state index in [9.17, 15) is 35.1 Å². The summed E-state index contributed by atoms with van der Waals surface area (Å²) in [5.74, 6) is -0.591. The Bertz CT molecular complexity index is 691. The van der Waals surface area contributed by atoms with Crippen LogP contribution in [0, 0.1) is 0 Å². The van der Waals surface area contributed by atoms with Gasteiger partial charge in [-0.1, -0.05) is 0 Å². The van der Waals surface area contributed by atoms with Gasteiger partial charge in [-0.05, 0) is 13.3 Å². The number of carbonyl (C=O) groups is 2. The molecule has 8 atom stereocenters. The van der Waals surface area contributed by atoms with Crippen LogP contribution in [0.5, 0.6) is 0 Å². The fourth-order valence-corrected chi connectivity index (χ4v) is 3.78. The standard InChI is InChI=1S/C22H42N4O11/c1-13-17(30)19(32)20(33)22(37-13)36-10-6-25-16(29)12-26(11-15(28)23-2)7-4-24-5-9-35-21-18(31)14(27)3-8-34-21/h13-14,17-22,24,27,30-33H,3-12H2,1-2H3,(H,23,28)(H,25,29)/t13-,14+,17+,18-,19+,20-,21-,22+/m0/s1. The largest absolute Gasteiger partial charge is 0.390 e.